The number of piperazine rings is 1. The second-order valence-electron chi connectivity index (χ2n) is 6.69. The van der Waals surface area contributed by atoms with Crippen LogP contribution >= 0.6 is 0 Å². The van der Waals surface area contributed by atoms with E-state index in [-0.39, 0.29) is 18.2 Å². The zero-order valence-electron chi connectivity index (χ0n) is 15.9. The van der Waals surface area contributed by atoms with E-state index in [0.29, 0.717) is 31.9 Å². The molecule has 0 aliphatic carbocycles. The Morgan fingerprint density at radius 3 is 2.25 bits per heavy atom. The molecule has 2 aromatic carbocycles. The molecule has 2 aromatic rings. The van der Waals surface area contributed by atoms with Crippen LogP contribution in [0.3, 0.4) is 0 Å². The number of benzene rings is 2. The zero-order chi connectivity index (χ0) is 20.0. The fraction of sp³-hybridized carbons (Fsp3) is 0.350. The van der Waals surface area contributed by atoms with Crippen molar-refractivity contribution in [2.45, 2.75) is 5.75 Å². The number of hydrogen-bond donors (Lipinski definition) is 1. The Kier molecular flexibility index (Phi) is 6.66. The molecule has 150 valence electrons. The predicted octanol–water partition coefficient (Wildman–Crippen LogP) is 1.78. The third-order valence-electron chi connectivity index (χ3n) is 4.66. The molecular weight excluding hydrogens is 378 g/mol. The van der Waals surface area contributed by atoms with Gasteiger partial charge in [0, 0.05) is 31.9 Å². The van der Waals surface area contributed by atoms with Crippen LogP contribution in [0.5, 0.6) is 5.75 Å². The number of carbonyl (C=O) groups excluding carboxylic acids is 1. The average molecular weight is 404 g/mol. The Morgan fingerprint density at radius 1 is 1.00 bits per heavy atom. The number of sulfonamides is 1. The zero-order valence-corrected chi connectivity index (χ0v) is 16.7. The number of carbonyl (C=O) groups is 1. The van der Waals surface area contributed by atoms with Gasteiger partial charge in [-0.2, -0.15) is 4.31 Å². The maximum Gasteiger partial charge on any atom is 0.238 e. The Labute approximate surface area is 166 Å². The van der Waals surface area contributed by atoms with Crippen molar-refractivity contribution in [2.24, 2.45) is 0 Å². The summed E-state index contributed by atoms with van der Waals surface area (Å²) in [6, 6.07) is 16.3. The first-order valence-electron chi connectivity index (χ1n) is 9.14. The standard InChI is InChI=1S/C20H25N3O4S/c1-27-19-9-7-18(8-10-19)21-20(24)15-22-11-13-23(14-12-22)28(25,26)16-17-5-3-2-4-6-17/h2-10H,11-16H2,1H3,(H,21,24). The molecular formula is C20H25N3O4S. The Balaban J connectivity index is 1.47. The summed E-state index contributed by atoms with van der Waals surface area (Å²) in [4.78, 5) is 14.2. The van der Waals surface area contributed by atoms with Gasteiger partial charge in [0.05, 0.1) is 19.4 Å². The number of rotatable bonds is 7. The van der Waals surface area contributed by atoms with Gasteiger partial charge in [0.15, 0.2) is 0 Å². The highest BCUT2D eigenvalue weighted by Crippen LogP contribution is 2.16. The summed E-state index contributed by atoms with van der Waals surface area (Å²) < 4.78 is 31.8. The van der Waals surface area contributed by atoms with Crippen molar-refractivity contribution < 1.29 is 17.9 Å². The lowest BCUT2D eigenvalue weighted by molar-refractivity contribution is -0.117. The van der Waals surface area contributed by atoms with E-state index in [2.05, 4.69) is 5.32 Å². The molecule has 1 N–H and O–H groups in total. The average Bonchev–Trinajstić information content (AvgIpc) is 2.69. The van der Waals surface area contributed by atoms with Gasteiger partial charge in [-0.15, -0.1) is 0 Å². The molecule has 0 atom stereocenters. The molecule has 8 heteroatoms. The van der Waals surface area contributed by atoms with Gasteiger partial charge >= 0.3 is 0 Å². The molecule has 1 aliphatic heterocycles. The molecule has 28 heavy (non-hydrogen) atoms. The lowest BCUT2D eigenvalue weighted by Crippen LogP contribution is -2.50. The Hall–Kier alpha value is -2.42. The first kappa shape index (κ1) is 20.3. The van der Waals surface area contributed by atoms with Crippen LogP contribution in [0.15, 0.2) is 54.6 Å². The van der Waals surface area contributed by atoms with E-state index >= 15 is 0 Å². The summed E-state index contributed by atoms with van der Waals surface area (Å²) in [5.41, 5.74) is 1.48. The quantitative estimate of drug-likeness (QED) is 0.762. The molecule has 0 bridgehead atoms. The van der Waals surface area contributed by atoms with Crippen LogP contribution in [-0.4, -0.2) is 63.4 Å². The van der Waals surface area contributed by atoms with Crippen LogP contribution in [0.1, 0.15) is 5.56 Å². The maximum atomic E-state index is 12.6. The molecule has 1 aliphatic rings. The van der Waals surface area contributed by atoms with E-state index in [4.69, 9.17) is 4.74 Å². The maximum absolute atomic E-state index is 12.6. The highest BCUT2D eigenvalue weighted by atomic mass is 32.2. The number of nitrogens with one attached hydrogen (secondary N) is 1. The largest absolute Gasteiger partial charge is 0.497 e. The molecule has 0 radical (unpaired) electrons. The van der Waals surface area contributed by atoms with Crippen LogP contribution in [-0.2, 0) is 20.6 Å². The first-order valence-corrected chi connectivity index (χ1v) is 10.8. The Bertz CT molecular complexity index is 877. The van der Waals surface area contributed by atoms with Crippen LogP contribution < -0.4 is 10.1 Å². The van der Waals surface area contributed by atoms with Gasteiger partial charge in [-0.3, -0.25) is 9.69 Å². The summed E-state index contributed by atoms with van der Waals surface area (Å²) >= 11 is 0. The van der Waals surface area contributed by atoms with Gasteiger partial charge < -0.3 is 10.1 Å². The van der Waals surface area contributed by atoms with Gasteiger partial charge in [-0.05, 0) is 29.8 Å². The van der Waals surface area contributed by atoms with E-state index in [1.54, 1.807) is 31.4 Å². The van der Waals surface area contributed by atoms with Gasteiger partial charge in [0.1, 0.15) is 5.75 Å². The van der Waals surface area contributed by atoms with Gasteiger partial charge in [0.2, 0.25) is 15.9 Å². The van der Waals surface area contributed by atoms with Crippen LogP contribution in [0.25, 0.3) is 0 Å². The third kappa shape index (κ3) is 5.54. The van der Waals surface area contributed by atoms with Crippen molar-refractivity contribution in [3.8, 4) is 5.75 Å². The van der Waals surface area contributed by atoms with E-state index < -0.39 is 10.0 Å². The molecule has 1 saturated heterocycles. The molecule has 1 fully saturated rings. The van der Waals surface area contributed by atoms with Gasteiger partial charge in [0.25, 0.3) is 0 Å². The normalized spacial score (nSPS) is 15.9. The van der Waals surface area contributed by atoms with Crippen LogP contribution in [0.2, 0.25) is 0 Å². The minimum Gasteiger partial charge on any atom is -0.497 e. The highest BCUT2D eigenvalue weighted by molar-refractivity contribution is 7.88. The van der Waals surface area contributed by atoms with Gasteiger partial charge in [-0.1, -0.05) is 30.3 Å². The number of nitrogens with zero attached hydrogens (tertiary/aromatic N) is 2. The molecule has 0 unspecified atom stereocenters. The lowest BCUT2D eigenvalue weighted by atomic mass is 10.2. The first-order chi connectivity index (χ1) is 13.5. The van der Waals surface area contributed by atoms with Crippen molar-refractivity contribution in [1.29, 1.82) is 0 Å². The van der Waals surface area contributed by atoms with Crippen molar-refractivity contribution >= 4 is 21.6 Å². The number of amides is 1. The minimum absolute atomic E-state index is 0.00575. The van der Waals surface area contributed by atoms with Crippen molar-refractivity contribution in [3.05, 3.63) is 60.2 Å². The third-order valence-corrected chi connectivity index (χ3v) is 6.51. The number of methoxy groups -OCH3 is 1. The summed E-state index contributed by atoms with van der Waals surface area (Å²) in [5, 5.41) is 2.85. The number of hydrogen-bond acceptors (Lipinski definition) is 5. The SMILES string of the molecule is COc1ccc(NC(=O)CN2CCN(S(=O)(=O)Cc3ccccc3)CC2)cc1. The second-order valence-corrected chi connectivity index (χ2v) is 8.66. The fourth-order valence-electron chi connectivity index (χ4n) is 3.12. The smallest absolute Gasteiger partial charge is 0.238 e. The Morgan fingerprint density at radius 2 is 1.64 bits per heavy atom. The van der Waals surface area contributed by atoms with Crippen molar-refractivity contribution in [3.63, 3.8) is 0 Å². The predicted molar refractivity (Wildman–Crippen MR) is 109 cm³/mol. The molecule has 3 rings (SSSR count). The van der Waals surface area contributed by atoms with E-state index in [1.165, 1.54) is 4.31 Å². The van der Waals surface area contributed by atoms with E-state index in [1.807, 2.05) is 35.2 Å². The molecule has 1 amide bonds. The summed E-state index contributed by atoms with van der Waals surface area (Å²) in [6.07, 6.45) is 0. The molecule has 0 spiro atoms. The highest BCUT2D eigenvalue weighted by Gasteiger charge is 2.27. The molecule has 7 nitrogen and oxygen atoms in total. The molecule has 1 heterocycles. The number of anilines is 1. The monoisotopic (exact) mass is 403 g/mol. The van der Waals surface area contributed by atoms with Crippen LogP contribution in [0.4, 0.5) is 5.69 Å². The number of ether oxygens (including phenoxy) is 1. The van der Waals surface area contributed by atoms with E-state index in [9.17, 15) is 13.2 Å². The lowest BCUT2D eigenvalue weighted by Gasteiger charge is -2.33. The molecule has 0 aromatic heterocycles. The molecule has 0 saturated carbocycles. The van der Waals surface area contributed by atoms with Crippen molar-refractivity contribution in [2.75, 3.05) is 45.2 Å². The topological polar surface area (TPSA) is 79.0 Å². The summed E-state index contributed by atoms with van der Waals surface area (Å²) in [5.74, 6) is 0.614. The van der Waals surface area contributed by atoms with Gasteiger partial charge in [-0.25, -0.2) is 8.42 Å². The van der Waals surface area contributed by atoms with Crippen molar-refractivity contribution in [1.82, 2.24) is 9.21 Å². The second kappa shape index (κ2) is 9.18. The van der Waals surface area contributed by atoms with Crippen LogP contribution in [0, 0.1) is 0 Å². The minimum atomic E-state index is -3.35. The summed E-state index contributed by atoms with van der Waals surface area (Å²) in [6.45, 7) is 2.09. The summed E-state index contributed by atoms with van der Waals surface area (Å²) in [7, 11) is -1.76. The van der Waals surface area contributed by atoms with E-state index in [0.717, 1.165) is 11.3 Å². The fourth-order valence-corrected chi connectivity index (χ4v) is 4.64.